The number of likely N-dealkylation sites (tertiary alicyclic amines) is 1. The number of amides is 3. The standard InChI is InChI=1S/C34H43BrFN3O10Si/c1-17-30(50(2,3)36)24(14-25(41)38-12-4-5-21(38)16-40)49-34(17)22-13-19(35)8-11-23(22)39(33(34)47)15-18-6-9-20(10-7-18)37-31(45)29-27(43)26(42)28(44)32(46)48-29/h6-11,13,17,21,24,26-30,32,40,42-44,46H,4-5,12,14-16H2,1-3H3,(H,37,45)/t17-,21-,24+,26-,27-,28+,29-,30-,32+,34+/m0/s1. The Morgan fingerprint density at radius 1 is 1.08 bits per heavy atom. The summed E-state index contributed by atoms with van der Waals surface area (Å²) in [4.78, 5) is 44.2. The molecule has 3 saturated heterocycles. The van der Waals surface area contributed by atoms with E-state index < -0.39 is 68.2 Å². The van der Waals surface area contributed by atoms with Gasteiger partial charge in [-0.3, -0.25) is 14.4 Å². The molecule has 0 aromatic heterocycles. The summed E-state index contributed by atoms with van der Waals surface area (Å²) < 4.78 is 28.6. The zero-order valence-corrected chi connectivity index (χ0v) is 30.5. The molecule has 0 bridgehead atoms. The van der Waals surface area contributed by atoms with E-state index in [4.69, 9.17) is 9.47 Å². The summed E-state index contributed by atoms with van der Waals surface area (Å²) in [7, 11) is -3.51. The van der Waals surface area contributed by atoms with Gasteiger partial charge in [0, 0.05) is 33.7 Å². The number of halogens is 2. The second kappa shape index (κ2) is 14.0. The molecule has 0 aliphatic carbocycles. The maximum absolute atomic E-state index is 16.2. The molecule has 1 spiro atoms. The van der Waals surface area contributed by atoms with E-state index in [1.165, 1.54) is 0 Å². The molecule has 0 saturated carbocycles. The Morgan fingerprint density at radius 3 is 2.44 bits per heavy atom. The van der Waals surface area contributed by atoms with Crippen molar-refractivity contribution in [2.75, 3.05) is 23.4 Å². The minimum absolute atomic E-state index is 0.0984. The molecular weight excluding hydrogens is 737 g/mol. The average Bonchev–Trinajstić information content (AvgIpc) is 3.73. The fourth-order valence-electron chi connectivity index (χ4n) is 8.19. The van der Waals surface area contributed by atoms with E-state index in [-0.39, 0.29) is 37.4 Å². The number of carbonyl (C=O) groups excluding carboxylic acids is 3. The molecule has 16 heteroatoms. The highest BCUT2D eigenvalue weighted by molar-refractivity contribution is 9.10. The monoisotopic (exact) mass is 779 g/mol. The molecule has 4 heterocycles. The molecule has 0 radical (unpaired) electrons. The van der Waals surface area contributed by atoms with Crippen LogP contribution in [0, 0.1) is 5.92 Å². The Balaban J connectivity index is 1.24. The molecule has 50 heavy (non-hydrogen) atoms. The highest BCUT2D eigenvalue weighted by Crippen LogP contribution is 2.60. The fraction of sp³-hybridized carbons (Fsp3) is 0.559. The molecule has 2 aromatic carbocycles. The van der Waals surface area contributed by atoms with Gasteiger partial charge in [0.2, 0.25) is 14.3 Å². The lowest BCUT2D eigenvalue weighted by Gasteiger charge is -2.37. The summed E-state index contributed by atoms with van der Waals surface area (Å²) >= 11 is 3.53. The van der Waals surface area contributed by atoms with Gasteiger partial charge in [-0.15, -0.1) is 0 Å². The fourth-order valence-corrected chi connectivity index (χ4v) is 11.0. The number of ether oxygens (including phenoxy) is 2. The topological polar surface area (TPSA) is 189 Å². The van der Waals surface area contributed by atoms with Crippen LogP contribution in [0.4, 0.5) is 15.5 Å². The summed E-state index contributed by atoms with van der Waals surface area (Å²) in [6.07, 6.45) is -8.32. The normalized spacial score (nSPS) is 34.0. The summed E-state index contributed by atoms with van der Waals surface area (Å²) in [6, 6.07) is 11.7. The first kappa shape index (κ1) is 37.0. The van der Waals surface area contributed by atoms with Crippen molar-refractivity contribution in [3.05, 3.63) is 58.1 Å². The Hall–Kier alpha value is -2.80. The van der Waals surface area contributed by atoms with E-state index in [1.807, 2.05) is 13.0 Å². The third-order valence-electron chi connectivity index (χ3n) is 10.6. The average molecular weight is 781 g/mol. The summed E-state index contributed by atoms with van der Waals surface area (Å²) in [5.41, 5.74) is -0.0432. The summed E-state index contributed by atoms with van der Waals surface area (Å²) in [6.45, 7) is 5.45. The third kappa shape index (κ3) is 6.43. The number of carbonyl (C=O) groups is 3. The number of hydrogen-bond acceptors (Lipinski definition) is 10. The van der Waals surface area contributed by atoms with Crippen molar-refractivity contribution in [1.29, 1.82) is 0 Å². The molecule has 0 unspecified atom stereocenters. The predicted octanol–water partition coefficient (Wildman–Crippen LogP) is 1.88. The van der Waals surface area contributed by atoms with E-state index in [0.717, 1.165) is 6.42 Å². The van der Waals surface area contributed by atoms with Gasteiger partial charge < -0.3 is 54.2 Å². The van der Waals surface area contributed by atoms with Crippen molar-refractivity contribution in [3.63, 3.8) is 0 Å². The lowest BCUT2D eigenvalue weighted by molar-refractivity contribution is -0.274. The smallest absolute Gasteiger partial charge is 0.264 e. The van der Waals surface area contributed by atoms with Crippen molar-refractivity contribution in [3.8, 4) is 0 Å². The number of benzene rings is 2. The lowest BCUT2D eigenvalue weighted by Crippen LogP contribution is -2.60. The van der Waals surface area contributed by atoms with Gasteiger partial charge in [0.25, 0.3) is 11.8 Å². The molecule has 6 N–H and O–H groups in total. The Labute approximate surface area is 298 Å². The zero-order valence-electron chi connectivity index (χ0n) is 27.9. The van der Waals surface area contributed by atoms with Crippen LogP contribution in [-0.2, 0) is 36.0 Å². The van der Waals surface area contributed by atoms with Gasteiger partial charge in [0.15, 0.2) is 18.0 Å². The van der Waals surface area contributed by atoms with Crippen LogP contribution < -0.4 is 10.2 Å². The largest absolute Gasteiger partial charge is 0.394 e. The number of fused-ring (bicyclic) bond motifs is 2. The van der Waals surface area contributed by atoms with Gasteiger partial charge in [-0.2, -0.15) is 0 Å². The number of nitrogens with one attached hydrogen (secondary N) is 1. The van der Waals surface area contributed by atoms with Gasteiger partial charge in [-0.1, -0.05) is 35.0 Å². The SMILES string of the molecule is C[C@H]1[C@H]([Si](C)(C)F)[C@@H](CC(=O)N2CCC[C@H]2CO)O[C@]12C(=O)N(Cc1ccc(NC(=O)[C@H]3O[C@@H](O)[C@H](O)[C@@H](O)[C@@H]3O)cc1)c1ccc(Br)cc12. The first-order valence-electron chi connectivity index (χ1n) is 16.7. The van der Waals surface area contributed by atoms with Gasteiger partial charge in [-0.05, 0) is 61.8 Å². The van der Waals surface area contributed by atoms with E-state index in [1.54, 1.807) is 59.3 Å². The highest BCUT2D eigenvalue weighted by atomic mass is 79.9. The molecule has 3 amide bonds. The second-order valence-electron chi connectivity index (χ2n) is 14.2. The van der Waals surface area contributed by atoms with Crippen molar-refractivity contribution in [2.24, 2.45) is 5.92 Å². The van der Waals surface area contributed by atoms with Gasteiger partial charge in [0.05, 0.1) is 37.4 Å². The molecule has 4 aliphatic heterocycles. The Kier molecular flexibility index (Phi) is 10.3. The number of rotatable bonds is 8. The van der Waals surface area contributed by atoms with Crippen molar-refractivity contribution >= 4 is 53.4 Å². The molecule has 13 nitrogen and oxygen atoms in total. The van der Waals surface area contributed by atoms with Gasteiger partial charge >= 0.3 is 0 Å². The maximum atomic E-state index is 16.2. The third-order valence-corrected chi connectivity index (χ3v) is 13.6. The van der Waals surface area contributed by atoms with E-state index in [2.05, 4.69) is 21.2 Å². The van der Waals surface area contributed by atoms with Crippen LogP contribution in [-0.4, -0.2) is 113 Å². The van der Waals surface area contributed by atoms with Gasteiger partial charge in [-0.25, -0.2) is 0 Å². The van der Waals surface area contributed by atoms with Crippen molar-refractivity contribution in [2.45, 2.75) is 99.8 Å². The van der Waals surface area contributed by atoms with Crippen LogP contribution >= 0.6 is 15.9 Å². The molecule has 3 fully saturated rings. The van der Waals surface area contributed by atoms with Gasteiger partial charge in [0.1, 0.15) is 18.3 Å². The van der Waals surface area contributed by atoms with Crippen molar-refractivity contribution in [1.82, 2.24) is 4.90 Å². The van der Waals surface area contributed by atoms with Crippen LogP contribution in [0.15, 0.2) is 46.9 Å². The molecule has 6 rings (SSSR count). The van der Waals surface area contributed by atoms with E-state index >= 15 is 4.11 Å². The molecule has 2 aromatic rings. The number of aliphatic hydroxyl groups excluding tert-OH is 5. The van der Waals surface area contributed by atoms with Crippen LogP contribution in [0.2, 0.25) is 18.6 Å². The number of hydrogen-bond donors (Lipinski definition) is 6. The lowest BCUT2D eigenvalue weighted by atomic mass is 9.82. The minimum atomic E-state index is -3.51. The Bertz CT molecular complexity index is 1630. The summed E-state index contributed by atoms with van der Waals surface area (Å²) in [5.74, 6) is -2.04. The summed E-state index contributed by atoms with van der Waals surface area (Å²) in [5, 5.41) is 52.0. The number of nitrogens with zero attached hydrogens (tertiary/aromatic N) is 2. The molecule has 10 atom stereocenters. The highest BCUT2D eigenvalue weighted by Gasteiger charge is 2.67. The van der Waals surface area contributed by atoms with Crippen molar-refractivity contribution < 1.29 is 53.5 Å². The molecule has 272 valence electrons. The first-order chi connectivity index (χ1) is 23.6. The zero-order chi connectivity index (χ0) is 36.3. The maximum Gasteiger partial charge on any atom is 0.264 e. The Morgan fingerprint density at radius 2 is 1.78 bits per heavy atom. The quantitative estimate of drug-likeness (QED) is 0.171. The van der Waals surface area contributed by atoms with Crippen LogP contribution in [0.1, 0.15) is 37.3 Å². The minimum Gasteiger partial charge on any atom is -0.394 e. The molecule has 4 aliphatic rings. The van der Waals surface area contributed by atoms with Crippen LogP contribution in [0.3, 0.4) is 0 Å². The first-order valence-corrected chi connectivity index (χ1v) is 20.5. The van der Waals surface area contributed by atoms with Crippen LogP contribution in [0.5, 0.6) is 0 Å². The van der Waals surface area contributed by atoms with E-state index in [0.29, 0.717) is 39.9 Å². The predicted molar refractivity (Wildman–Crippen MR) is 184 cm³/mol. The van der Waals surface area contributed by atoms with Crippen LogP contribution in [0.25, 0.3) is 0 Å². The number of anilines is 2. The second-order valence-corrected chi connectivity index (χ2v) is 18.9. The number of aliphatic hydroxyl groups is 5. The van der Waals surface area contributed by atoms with E-state index in [9.17, 15) is 39.9 Å². The molecular formula is C34H43BrFN3O10Si.